The SMILES string of the molecule is CN1CCN=C1c1ccccc1CCN. The van der Waals surface area contributed by atoms with Gasteiger partial charge in [-0.25, -0.2) is 0 Å². The van der Waals surface area contributed by atoms with E-state index in [1.807, 2.05) is 0 Å². The molecule has 3 heteroatoms. The van der Waals surface area contributed by atoms with Crippen LogP contribution in [0.2, 0.25) is 0 Å². The number of likely N-dealkylation sites (N-methyl/N-ethyl adjacent to an activating group) is 1. The Morgan fingerprint density at radius 1 is 1.40 bits per heavy atom. The Morgan fingerprint density at radius 3 is 2.87 bits per heavy atom. The van der Waals surface area contributed by atoms with Gasteiger partial charge in [-0.1, -0.05) is 24.3 Å². The van der Waals surface area contributed by atoms with E-state index in [4.69, 9.17) is 5.73 Å². The molecule has 15 heavy (non-hydrogen) atoms. The van der Waals surface area contributed by atoms with Gasteiger partial charge in [0.05, 0.1) is 6.54 Å². The van der Waals surface area contributed by atoms with E-state index in [-0.39, 0.29) is 0 Å². The van der Waals surface area contributed by atoms with Crippen molar-refractivity contribution >= 4 is 5.84 Å². The molecule has 0 bridgehead atoms. The molecule has 2 N–H and O–H groups in total. The van der Waals surface area contributed by atoms with Crippen molar-refractivity contribution in [1.82, 2.24) is 4.90 Å². The van der Waals surface area contributed by atoms with Crippen molar-refractivity contribution in [2.45, 2.75) is 6.42 Å². The lowest BCUT2D eigenvalue weighted by Crippen LogP contribution is -2.24. The zero-order valence-electron chi connectivity index (χ0n) is 9.11. The third kappa shape index (κ3) is 2.02. The molecular weight excluding hydrogens is 186 g/mol. The van der Waals surface area contributed by atoms with Crippen molar-refractivity contribution < 1.29 is 0 Å². The maximum absolute atomic E-state index is 5.61. The predicted octanol–water partition coefficient (Wildman–Crippen LogP) is 0.880. The van der Waals surface area contributed by atoms with E-state index in [1.54, 1.807) is 0 Å². The second-order valence-electron chi connectivity index (χ2n) is 3.82. The average molecular weight is 203 g/mol. The summed E-state index contributed by atoms with van der Waals surface area (Å²) in [6.45, 7) is 2.61. The van der Waals surface area contributed by atoms with Crippen molar-refractivity contribution in [3.63, 3.8) is 0 Å². The zero-order chi connectivity index (χ0) is 10.7. The molecule has 0 unspecified atom stereocenters. The molecule has 1 aliphatic rings. The normalized spacial score (nSPS) is 15.6. The Hall–Kier alpha value is -1.35. The van der Waals surface area contributed by atoms with Crippen molar-refractivity contribution in [1.29, 1.82) is 0 Å². The van der Waals surface area contributed by atoms with Crippen LogP contribution in [0.5, 0.6) is 0 Å². The van der Waals surface area contributed by atoms with Crippen LogP contribution < -0.4 is 5.73 Å². The van der Waals surface area contributed by atoms with Crippen molar-refractivity contribution in [2.24, 2.45) is 10.7 Å². The summed E-state index contributed by atoms with van der Waals surface area (Å²) in [6.07, 6.45) is 0.920. The molecular formula is C12H17N3. The fraction of sp³-hybridized carbons (Fsp3) is 0.417. The largest absolute Gasteiger partial charge is 0.358 e. The van der Waals surface area contributed by atoms with Crippen molar-refractivity contribution in [3.05, 3.63) is 35.4 Å². The molecule has 3 nitrogen and oxygen atoms in total. The fourth-order valence-electron chi connectivity index (χ4n) is 1.94. The van der Waals surface area contributed by atoms with Gasteiger partial charge >= 0.3 is 0 Å². The number of nitrogens with two attached hydrogens (primary N) is 1. The lowest BCUT2D eigenvalue weighted by atomic mass is 10.0. The Labute approximate surface area is 90.6 Å². The standard InChI is InChI=1S/C12H17N3/c1-15-9-8-14-12(15)11-5-3-2-4-10(11)6-7-13/h2-5H,6-9,13H2,1H3. The van der Waals surface area contributed by atoms with E-state index in [1.165, 1.54) is 11.1 Å². The van der Waals surface area contributed by atoms with Gasteiger partial charge in [-0.3, -0.25) is 4.99 Å². The number of hydrogen-bond acceptors (Lipinski definition) is 3. The first kappa shape index (κ1) is 10.2. The number of amidine groups is 1. The summed E-state index contributed by atoms with van der Waals surface area (Å²) >= 11 is 0. The van der Waals surface area contributed by atoms with Gasteiger partial charge in [0.2, 0.25) is 0 Å². The van der Waals surface area contributed by atoms with Gasteiger partial charge in [-0.2, -0.15) is 0 Å². The number of benzene rings is 1. The highest BCUT2D eigenvalue weighted by atomic mass is 15.2. The number of rotatable bonds is 3. The van der Waals surface area contributed by atoms with Crippen molar-refractivity contribution in [2.75, 3.05) is 26.7 Å². The summed E-state index contributed by atoms with van der Waals surface area (Å²) in [6, 6.07) is 8.39. The quantitative estimate of drug-likeness (QED) is 0.792. The minimum atomic E-state index is 0.688. The Bertz CT molecular complexity index is 371. The molecule has 0 amide bonds. The number of nitrogens with zero attached hydrogens (tertiary/aromatic N) is 2. The molecule has 1 aliphatic heterocycles. The molecule has 1 aromatic rings. The van der Waals surface area contributed by atoms with Gasteiger partial charge in [0.25, 0.3) is 0 Å². The van der Waals surface area contributed by atoms with E-state index >= 15 is 0 Å². The third-order valence-corrected chi connectivity index (χ3v) is 2.73. The first-order valence-electron chi connectivity index (χ1n) is 5.37. The molecule has 0 saturated heterocycles. The number of aliphatic imine (C=N–C) groups is 1. The molecule has 0 aliphatic carbocycles. The maximum Gasteiger partial charge on any atom is 0.131 e. The van der Waals surface area contributed by atoms with Gasteiger partial charge in [0.15, 0.2) is 0 Å². The Balaban J connectivity index is 2.34. The average Bonchev–Trinajstić information content (AvgIpc) is 2.66. The van der Waals surface area contributed by atoms with Crippen LogP contribution in [0.25, 0.3) is 0 Å². The molecule has 1 aromatic carbocycles. The topological polar surface area (TPSA) is 41.6 Å². The lowest BCUT2D eigenvalue weighted by molar-refractivity contribution is 0.556. The molecule has 0 fully saturated rings. The van der Waals surface area contributed by atoms with Gasteiger partial charge in [0, 0.05) is 19.2 Å². The molecule has 0 saturated carbocycles. The second kappa shape index (κ2) is 4.45. The number of hydrogen-bond donors (Lipinski definition) is 1. The molecule has 0 aromatic heterocycles. The van der Waals surface area contributed by atoms with Gasteiger partial charge in [-0.05, 0) is 18.5 Å². The van der Waals surface area contributed by atoms with Crippen LogP contribution in [0.1, 0.15) is 11.1 Å². The first-order chi connectivity index (χ1) is 7.33. The molecule has 0 atom stereocenters. The van der Waals surface area contributed by atoms with Crippen LogP contribution in [0, 0.1) is 0 Å². The molecule has 1 heterocycles. The Kier molecular flexibility index (Phi) is 3.02. The second-order valence-corrected chi connectivity index (χ2v) is 3.82. The smallest absolute Gasteiger partial charge is 0.131 e. The highest BCUT2D eigenvalue weighted by Crippen LogP contribution is 2.15. The molecule has 80 valence electrons. The minimum Gasteiger partial charge on any atom is -0.358 e. The molecule has 0 radical (unpaired) electrons. The highest BCUT2D eigenvalue weighted by Gasteiger charge is 2.16. The summed E-state index contributed by atoms with van der Waals surface area (Å²) < 4.78 is 0. The minimum absolute atomic E-state index is 0.688. The van der Waals surface area contributed by atoms with Gasteiger partial charge < -0.3 is 10.6 Å². The highest BCUT2D eigenvalue weighted by molar-refractivity contribution is 6.00. The zero-order valence-corrected chi connectivity index (χ0v) is 9.11. The summed E-state index contributed by atoms with van der Waals surface area (Å²) in [5.41, 5.74) is 8.15. The van der Waals surface area contributed by atoms with E-state index in [0.29, 0.717) is 6.54 Å². The summed E-state index contributed by atoms with van der Waals surface area (Å²) in [5.74, 6) is 1.11. The molecule has 2 rings (SSSR count). The van der Waals surface area contributed by atoms with E-state index in [2.05, 4.69) is 41.2 Å². The monoisotopic (exact) mass is 203 g/mol. The van der Waals surface area contributed by atoms with Crippen LogP contribution in [-0.2, 0) is 6.42 Å². The Morgan fingerprint density at radius 2 is 2.20 bits per heavy atom. The fourth-order valence-corrected chi connectivity index (χ4v) is 1.94. The van der Waals surface area contributed by atoms with Crippen LogP contribution in [0.4, 0.5) is 0 Å². The van der Waals surface area contributed by atoms with Crippen molar-refractivity contribution in [3.8, 4) is 0 Å². The summed E-state index contributed by atoms with van der Waals surface area (Å²) in [5, 5.41) is 0. The van der Waals surface area contributed by atoms with Crippen LogP contribution in [0.3, 0.4) is 0 Å². The first-order valence-corrected chi connectivity index (χ1v) is 5.37. The van der Waals surface area contributed by atoms with Gasteiger partial charge in [-0.15, -0.1) is 0 Å². The van der Waals surface area contributed by atoms with E-state index < -0.39 is 0 Å². The third-order valence-electron chi connectivity index (χ3n) is 2.73. The maximum atomic E-state index is 5.61. The van der Waals surface area contributed by atoms with Crippen LogP contribution in [-0.4, -0.2) is 37.4 Å². The van der Waals surface area contributed by atoms with E-state index in [9.17, 15) is 0 Å². The van der Waals surface area contributed by atoms with Gasteiger partial charge in [0.1, 0.15) is 5.84 Å². The van der Waals surface area contributed by atoms with Crippen LogP contribution in [0.15, 0.2) is 29.3 Å². The van der Waals surface area contributed by atoms with E-state index in [0.717, 1.165) is 25.3 Å². The predicted molar refractivity (Wildman–Crippen MR) is 63.2 cm³/mol. The lowest BCUT2D eigenvalue weighted by Gasteiger charge is -2.16. The summed E-state index contributed by atoms with van der Waals surface area (Å²) in [4.78, 5) is 6.74. The molecule has 0 spiro atoms. The summed E-state index contributed by atoms with van der Waals surface area (Å²) in [7, 11) is 2.09. The van der Waals surface area contributed by atoms with Crippen LogP contribution >= 0.6 is 0 Å².